The number of hydrogen-bond acceptors (Lipinski definition) is 5. The predicted molar refractivity (Wildman–Crippen MR) is 108 cm³/mol. The highest BCUT2D eigenvalue weighted by molar-refractivity contribution is 7.71. The highest BCUT2D eigenvalue weighted by Crippen LogP contribution is 2.37. The molecule has 1 aliphatic heterocycles. The maximum Gasteiger partial charge on any atom is 0.216 e. The van der Waals surface area contributed by atoms with E-state index in [1.165, 1.54) is 5.56 Å². The van der Waals surface area contributed by atoms with Gasteiger partial charge in [0.1, 0.15) is 0 Å². The number of aromatic nitrogens is 3. The third kappa shape index (κ3) is 3.74. The zero-order valence-electron chi connectivity index (χ0n) is 14.6. The zero-order chi connectivity index (χ0) is 18.8. The van der Waals surface area contributed by atoms with Crippen LogP contribution in [0.3, 0.4) is 0 Å². The summed E-state index contributed by atoms with van der Waals surface area (Å²) in [4.78, 5) is 0. The van der Waals surface area contributed by atoms with Crippen molar-refractivity contribution in [3.63, 3.8) is 0 Å². The van der Waals surface area contributed by atoms with Gasteiger partial charge in [0.2, 0.25) is 4.77 Å². The molecule has 1 N–H and O–H groups in total. The molecule has 27 heavy (non-hydrogen) atoms. The van der Waals surface area contributed by atoms with E-state index in [1.807, 2.05) is 37.3 Å². The van der Waals surface area contributed by atoms with Gasteiger partial charge in [0, 0.05) is 12.0 Å². The molecule has 4 rings (SSSR count). The Morgan fingerprint density at radius 3 is 2.81 bits per heavy atom. The van der Waals surface area contributed by atoms with Gasteiger partial charge in [-0.05, 0) is 36.8 Å². The molecule has 1 aliphatic rings. The molecular weight excluding hydrogens is 384 g/mol. The standard InChI is InChI=1S/C19H17ClN4O2S/c1-12-3-5-14(6-4-12)18-22-23-19(27)24(18)21-11-13-9-15(20)17-16(10-13)25-7-2-8-26-17/h3-6,9-11H,2,7-8H2,1H3,(H,23,27)/b21-11-. The number of nitrogens with zero attached hydrogens (tertiary/aromatic N) is 3. The van der Waals surface area contributed by atoms with Crippen molar-refractivity contribution >= 4 is 30.0 Å². The van der Waals surface area contributed by atoms with Gasteiger partial charge in [-0.3, -0.25) is 0 Å². The van der Waals surface area contributed by atoms with Crippen molar-refractivity contribution in [2.24, 2.45) is 5.10 Å². The highest BCUT2D eigenvalue weighted by atomic mass is 35.5. The molecule has 0 unspecified atom stereocenters. The molecule has 1 aromatic heterocycles. The Labute approximate surface area is 166 Å². The van der Waals surface area contributed by atoms with Gasteiger partial charge >= 0.3 is 0 Å². The minimum atomic E-state index is 0.405. The molecule has 0 fully saturated rings. The lowest BCUT2D eigenvalue weighted by molar-refractivity contribution is 0.297. The number of halogens is 1. The summed E-state index contributed by atoms with van der Waals surface area (Å²) >= 11 is 11.7. The Kier molecular flexibility index (Phi) is 4.96. The van der Waals surface area contributed by atoms with E-state index in [9.17, 15) is 0 Å². The van der Waals surface area contributed by atoms with Crippen LogP contribution in [0.1, 0.15) is 17.5 Å². The van der Waals surface area contributed by atoms with Crippen LogP contribution in [0, 0.1) is 11.7 Å². The van der Waals surface area contributed by atoms with E-state index in [0.717, 1.165) is 17.5 Å². The number of rotatable bonds is 3. The predicted octanol–water partition coefficient (Wildman–Crippen LogP) is 4.61. The van der Waals surface area contributed by atoms with Crippen LogP contribution in [0.2, 0.25) is 5.02 Å². The van der Waals surface area contributed by atoms with Crippen LogP contribution in [0.15, 0.2) is 41.5 Å². The molecule has 0 atom stereocenters. The summed E-state index contributed by atoms with van der Waals surface area (Å²) < 4.78 is 13.4. The molecule has 2 aromatic carbocycles. The van der Waals surface area contributed by atoms with E-state index >= 15 is 0 Å². The molecule has 0 radical (unpaired) electrons. The molecule has 0 spiro atoms. The molecule has 6 nitrogen and oxygen atoms in total. The number of benzene rings is 2. The fourth-order valence-electron chi connectivity index (χ4n) is 2.74. The SMILES string of the molecule is Cc1ccc(-c2n[nH]c(=S)n2/N=C\c2cc(Cl)c3c(c2)OCCCO3)cc1. The molecule has 2 heterocycles. The van der Waals surface area contributed by atoms with E-state index < -0.39 is 0 Å². The summed E-state index contributed by atoms with van der Waals surface area (Å²) in [6, 6.07) is 11.6. The van der Waals surface area contributed by atoms with E-state index in [1.54, 1.807) is 17.0 Å². The van der Waals surface area contributed by atoms with Crippen LogP contribution in [-0.2, 0) is 0 Å². The lowest BCUT2D eigenvalue weighted by Crippen LogP contribution is -1.97. The normalized spacial score (nSPS) is 13.7. The number of fused-ring (bicyclic) bond motifs is 1. The number of hydrogen-bond donors (Lipinski definition) is 1. The summed E-state index contributed by atoms with van der Waals surface area (Å²) in [7, 11) is 0. The van der Waals surface area contributed by atoms with Crippen molar-refractivity contribution in [3.05, 3.63) is 57.3 Å². The van der Waals surface area contributed by atoms with Crippen molar-refractivity contribution in [2.75, 3.05) is 13.2 Å². The van der Waals surface area contributed by atoms with Gasteiger partial charge < -0.3 is 9.47 Å². The molecule has 0 bridgehead atoms. The Balaban J connectivity index is 1.69. The second kappa shape index (κ2) is 7.54. The molecule has 0 saturated carbocycles. The van der Waals surface area contributed by atoms with Crippen molar-refractivity contribution < 1.29 is 9.47 Å². The Morgan fingerprint density at radius 2 is 2.00 bits per heavy atom. The minimum Gasteiger partial charge on any atom is -0.489 e. The van der Waals surface area contributed by atoms with Gasteiger partial charge in [0.05, 0.1) is 24.5 Å². The first kappa shape index (κ1) is 17.8. The Hall–Kier alpha value is -2.64. The molecule has 138 valence electrons. The second-order valence-corrected chi connectivity index (χ2v) is 6.95. The minimum absolute atomic E-state index is 0.405. The van der Waals surface area contributed by atoms with Crippen molar-refractivity contribution in [3.8, 4) is 22.9 Å². The lowest BCUT2D eigenvalue weighted by Gasteiger charge is -2.09. The lowest BCUT2D eigenvalue weighted by atomic mass is 10.1. The largest absolute Gasteiger partial charge is 0.489 e. The molecule has 8 heteroatoms. The summed E-state index contributed by atoms with van der Waals surface area (Å²) in [6.07, 6.45) is 2.49. The summed E-state index contributed by atoms with van der Waals surface area (Å²) in [6.45, 7) is 3.21. The van der Waals surface area contributed by atoms with Gasteiger partial charge in [-0.15, -0.1) is 0 Å². The summed E-state index contributed by atoms with van der Waals surface area (Å²) in [5, 5.41) is 12.1. The topological polar surface area (TPSA) is 64.4 Å². The van der Waals surface area contributed by atoms with E-state index in [2.05, 4.69) is 15.3 Å². The smallest absolute Gasteiger partial charge is 0.216 e. The molecule has 0 aliphatic carbocycles. The van der Waals surface area contributed by atoms with Crippen molar-refractivity contribution in [2.45, 2.75) is 13.3 Å². The van der Waals surface area contributed by atoms with Crippen LogP contribution in [0.5, 0.6) is 11.5 Å². The third-order valence-electron chi connectivity index (χ3n) is 4.11. The number of ether oxygens (including phenoxy) is 2. The quantitative estimate of drug-likeness (QED) is 0.515. The van der Waals surface area contributed by atoms with Gasteiger partial charge in [-0.25, -0.2) is 5.10 Å². The number of H-pyrrole nitrogens is 1. The Morgan fingerprint density at radius 1 is 1.22 bits per heavy atom. The maximum absolute atomic E-state index is 6.34. The zero-order valence-corrected chi connectivity index (χ0v) is 16.2. The Bertz CT molecular complexity index is 1060. The van der Waals surface area contributed by atoms with Crippen LogP contribution in [0.25, 0.3) is 11.4 Å². The first-order valence-electron chi connectivity index (χ1n) is 8.50. The first-order valence-corrected chi connectivity index (χ1v) is 9.28. The van der Waals surface area contributed by atoms with Crippen LogP contribution in [0.4, 0.5) is 0 Å². The summed E-state index contributed by atoms with van der Waals surface area (Å²) in [5.41, 5.74) is 2.87. The fraction of sp³-hybridized carbons (Fsp3) is 0.211. The maximum atomic E-state index is 6.34. The van der Waals surface area contributed by atoms with Crippen molar-refractivity contribution in [1.29, 1.82) is 0 Å². The van der Waals surface area contributed by atoms with E-state index in [4.69, 9.17) is 33.3 Å². The first-order chi connectivity index (χ1) is 13.1. The van der Waals surface area contributed by atoms with E-state index in [-0.39, 0.29) is 0 Å². The van der Waals surface area contributed by atoms with Gasteiger partial charge in [-0.2, -0.15) is 14.9 Å². The van der Waals surface area contributed by atoms with Gasteiger partial charge in [0.25, 0.3) is 0 Å². The van der Waals surface area contributed by atoms with Gasteiger partial charge in [0.15, 0.2) is 17.3 Å². The third-order valence-corrected chi connectivity index (χ3v) is 4.65. The fourth-order valence-corrected chi connectivity index (χ4v) is 3.19. The average Bonchev–Trinajstić information content (AvgIpc) is 2.87. The average molecular weight is 401 g/mol. The summed E-state index contributed by atoms with van der Waals surface area (Å²) in [5.74, 6) is 1.83. The molecule has 0 saturated heterocycles. The number of aromatic amines is 1. The van der Waals surface area contributed by atoms with Crippen LogP contribution < -0.4 is 9.47 Å². The molecule has 0 amide bonds. The molecule has 3 aromatic rings. The monoisotopic (exact) mass is 400 g/mol. The van der Waals surface area contributed by atoms with Gasteiger partial charge in [-0.1, -0.05) is 41.4 Å². The van der Waals surface area contributed by atoms with Crippen LogP contribution in [-0.4, -0.2) is 34.3 Å². The van der Waals surface area contributed by atoms with Crippen LogP contribution >= 0.6 is 23.8 Å². The highest BCUT2D eigenvalue weighted by Gasteiger charge is 2.15. The van der Waals surface area contributed by atoms with E-state index in [0.29, 0.717) is 40.3 Å². The van der Waals surface area contributed by atoms with Crippen molar-refractivity contribution in [1.82, 2.24) is 14.9 Å². The number of aryl methyl sites for hydroxylation is 1. The molecular formula is C19H17ClN4O2S. The second-order valence-electron chi connectivity index (χ2n) is 6.16. The number of nitrogens with one attached hydrogen (secondary N) is 1.